The number of carbonyl (C=O) groups is 2. The van der Waals surface area contributed by atoms with E-state index in [1.807, 2.05) is 6.08 Å². The monoisotopic (exact) mass is 196 g/mol. The van der Waals surface area contributed by atoms with E-state index in [-0.39, 0.29) is 17.7 Å². The van der Waals surface area contributed by atoms with Crippen molar-refractivity contribution in [3.05, 3.63) is 12.2 Å². The molecule has 0 heterocycles. The molecular weight excluding hydrogens is 180 g/mol. The molecule has 0 amide bonds. The lowest BCUT2D eigenvalue weighted by Gasteiger charge is -2.06. The minimum absolute atomic E-state index is 0.166. The van der Waals surface area contributed by atoms with Gasteiger partial charge < -0.3 is 4.74 Å². The summed E-state index contributed by atoms with van der Waals surface area (Å²) in [5, 5.41) is 0. The number of allylic oxidation sites excluding steroid dienone is 2. The van der Waals surface area contributed by atoms with E-state index in [9.17, 15) is 9.59 Å². The molecule has 1 atom stereocenters. The summed E-state index contributed by atoms with van der Waals surface area (Å²) in [7, 11) is 1.40. The Kier molecular flexibility index (Phi) is 4.36. The minimum Gasteiger partial charge on any atom is -0.469 e. The first-order valence-corrected chi connectivity index (χ1v) is 5.01. The second-order valence-electron chi connectivity index (χ2n) is 3.56. The number of ketones is 1. The molecule has 0 fully saturated rings. The van der Waals surface area contributed by atoms with E-state index in [0.717, 1.165) is 25.7 Å². The van der Waals surface area contributed by atoms with Crippen LogP contribution < -0.4 is 0 Å². The molecular formula is C11H16O3. The van der Waals surface area contributed by atoms with E-state index in [2.05, 4.69) is 4.74 Å². The van der Waals surface area contributed by atoms with Crippen LogP contribution in [0.4, 0.5) is 0 Å². The highest BCUT2D eigenvalue weighted by atomic mass is 16.5. The summed E-state index contributed by atoms with van der Waals surface area (Å²) in [6.45, 7) is 0. The fourth-order valence-corrected chi connectivity index (χ4v) is 1.62. The third-order valence-corrected chi connectivity index (χ3v) is 2.52. The van der Waals surface area contributed by atoms with Crippen LogP contribution in [0.25, 0.3) is 0 Å². The highest BCUT2D eigenvalue weighted by molar-refractivity contribution is 5.93. The summed E-state index contributed by atoms with van der Waals surface area (Å²) in [6.07, 6.45) is 7.55. The largest absolute Gasteiger partial charge is 0.469 e. The van der Waals surface area contributed by atoms with Gasteiger partial charge in [-0.25, -0.2) is 0 Å². The molecule has 1 aliphatic rings. The van der Waals surface area contributed by atoms with Gasteiger partial charge in [-0.05, 0) is 25.3 Å². The zero-order chi connectivity index (χ0) is 10.4. The zero-order valence-corrected chi connectivity index (χ0v) is 8.49. The third kappa shape index (κ3) is 3.32. The molecule has 0 aromatic carbocycles. The van der Waals surface area contributed by atoms with Gasteiger partial charge in [0.1, 0.15) is 0 Å². The molecule has 0 aromatic heterocycles. The maximum atomic E-state index is 11.2. The van der Waals surface area contributed by atoms with Gasteiger partial charge in [0.05, 0.1) is 7.11 Å². The second kappa shape index (κ2) is 5.58. The number of methoxy groups -OCH3 is 1. The van der Waals surface area contributed by atoms with E-state index in [0.29, 0.717) is 6.42 Å². The van der Waals surface area contributed by atoms with Crippen molar-refractivity contribution in [2.45, 2.75) is 32.1 Å². The Hall–Kier alpha value is -1.12. The molecule has 0 bridgehead atoms. The van der Waals surface area contributed by atoms with Crippen LogP contribution in [-0.2, 0) is 14.3 Å². The van der Waals surface area contributed by atoms with Crippen molar-refractivity contribution >= 4 is 11.8 Å². The van der Waals surface area contributed by atoms with Crippen molar-refractivity contribution in [3.8, 4) is 0 Å². The molecule has 0 spiro atoms. The molecule has 1 aliphatic carbocycles. The highest BCUT2D eigenvalue weighted by Crippen LogP contribution is 2.20. The normalized spacial score (nSPS) is 20.1. The van der Waals surface area contributed by atoms with Crippen LogP contribution in [0.15, 0.2) is 12.2 Å². The maximum Gasteiger partial charge on any atom is 0.305 e. The van der Waals surface area contributed by atoms with Crippen molar-refractivity contribution in [1.29, 1.82) is 0 Å². The highest BCUT2D eigenvalue weighted by Gasteiger charge is 2.18. The summed E-state index contributed by atoms with van der Waals surface area (Å²) < 4.78 is 4.53. The van der Waals surface area contributed by atoms with E-state index in [1.54, 1.807) is 6.08 Å². The van der Waals surface area contributed by atoms with Gasteiger partial charge in [0, 0.05) is 12.3 Å². The molecule has 1 unspecified atom stereocenters. The molecule has 78 valence electrons. The molecule has 1 rings (SSSR count). The van der Waals surface area contributed by atoms with Crippen molar-refractivity contribution in [2.24, 2.45) is 5.92 Å². The summed E-state index contributed by atoms with van der Waals surface area (Å²) >= 11 is 0. The van der Waals surface area contributed by atoms with Crippen LogP contribution >= 0.6 is 0 Å². The summed E-state index contributed by atoms with van der Waals surface area (Å²) in [6, 6.07) is 0. The van der Waals surface area contributed by atoms with E-state index >= 15 is 0 Å². The lowest BCUT2D eigenvalue weighted by atomic mass is 9.98. The Morgan fingerprint density at radius 2 is 2.36 bits per heavy atom. The fourth-order valence-electron chi connectivity index (χ4n) is 1.62. The van der Waals surface area contributed by atoms with Crippen LogP contribution in [-0.4, -0.2) is 18.9 Å². The number of rotatable bonds is 5. The SMILES string of the molecule is COC(=O)CCCCC1CC=CC1=O. The first-order chi connectivity index (χ1) is 6.74. The van der Waals surface area contributed by atoms with Crippen molar-refractivity contribution in [3.63, 3.8) is 0 Å². The van der Waals surface area contributed by atoms with Gasteiger partial charge >= 0.3 is 5.97 Å². The van der Waals surface area contributed by atoms with E-state index < -0.39 is 0 Å². The number of hydrogen-bond acceptors (Lipinski definition) is 3. The summed E-state index contributed by atoms with van der Waals surface area (Å²) in [4.78, 5) is 22.0. The number of unbranched alkanes of at least 4 members (excludes halogenated alkanes) is 1. The second-order valence-corrected chi connectivity index (χ2v) is 3.56. The lowest BCUT2D eigenvalue weighted by molar-refractivity contribution is -0.140. The molecule has 0 saturated heterocycles. The van der Waals surface area contributed by atoms with Gasteiger partial charge in [-0.15, -0.1) is 0 Å². The third-order valence-electron chi connectivity index (χ3n) is 2.52. The van der Waals surface area contributed by atoms with Gasteiger partial charge in [0.2, 0.25) is 0 Å². The molecule has 0 N–H and O–H groups in total. The topological polar surface area (TPSA) is 43.4 Å². The van der Waals surface area contributed by atoms with Crippen LogP contribution in [0.1, 0.15) is 32.1 Å². The standard InChI is InChI=1S/C11H16O3/c1-14-11(13)8-3-2-5-9-6-4-7-10(9)12/h4,7,9H,2-3,5-6,8H2,1H3. The van der Waals surface area contributed by atoms with Gasteiger partial charge in [-0.2, -0.15) is 0 Å². The van der Waals surface area contributed by atoms with Crippen LogP contribution in [0.5, 0.6) is 0 Å². The van der Waals surface area contributed by atoms with E-state index in [1.165, 1.54) is 7.11 Å². The zero-order valence-electron chi connectivity index (χ0n) is 8.49. The number of hydrogen-bond donors (Lipinski definition) is 0. The Balaban J connectivity index is 2.04. The van der Waals surface area contributed by atoms with Crippen LogP contribution in [0.2, 0.25) is 0 Å². The van der Waals surface area contributed by atoms with Crippen molar-refractivity contribution < 1.29 is 14.3 Å². The Morgan fingerprint density at radius 1 is 1.57 bits per heavy atom. The number of esters is 1. The number of ether oxygens (including phenoxy) is 1. The Bertz CT molecular complexity index is 243. The number of carbonyl (C=O) groups excluding carboxylic acids is 2. The summed E-state index contributed by atoms with van der Waals surface area (Å²) in [5.74, 6) is 0.247. The van der Waals surface area contributed by atoms with Crippen LogP contribution in [0.3, 0.4) is 0 Å². The van der Waals surface area contributed by atoms with Crippen molar-refractivity contribution in [2.75, 3.05) is 7.11 Å². The van der Waals surface area contributed by atoms with E-state index in [4.69, 9.17) is 0 Å². The van der Waals surface area contributed by atoms with Gasteiger partial charge in [0.15, 0.2) is 5.78 Å². The predicted octanol–water partition coefficient (Wildman–Crippen LogP) is 1.86. The van der Waals surface area contributed by atoms with Gasteiger partial charge in [-0.1, -0.05) is 12.5 Å². The smallest absolute Gasteiger partial charge is 0.305 e. The average molecular weight is 196 g/mol. The molecule has 3 nitrogen and oxygen atoms in total. The van der Waals surface area contributed by atoms with Gasteiger partial charge in [-0.3, -0.25) is 9.59 Å². The first kappa shape index (κ1) is 11.0. The molecule has 0 aromatic rings. The fraction of sp³-hybridized carbons (Fsp3) is 0.636. The molecule has 0 radical (unpaired) electrons. The minimum atomic E-state index is -0.166. The van der Waals surface area contributed by atoms with Gasteiger partial charge in [0.25, 0.3) is 0 Å². The quantitative estimate of drug-likeness (QED) is 0.498. The first-order valence-electron chi connectivity index (χ1n) is 5.01. The van der Waals surface area contributed by atoms with Crippen molar-refractivity contribution in [1.82, 2.24) is 0 Å². The summed E-state index contributed by atoms with van der Waals surface area (Å²) in [5.41, 5.74) is 0. The Morgan fingerprint density at radius 3 is 2.93 bits per heavy atom. The molecule has 0 aliphatic heterocycles. The molecule has 0 saturated carbocycles. The lowest BCUT2D eigenvalue weighted by Crippen LogP contribution is -2.07. The maximum absolute atomic E-state index is 11.2. The molecule has 3 heteroatoms. The average Bonchev–Trinajstić information content (AvgIpc) is 2.58. The molecule has 14 heavy (non-hydrogen) atoms. The Labute approximate surface area is 84.1 Å². The predicted molar refractivity (Wildman–Crippen MR) is 52.7 cm³/mol. The van der Waals surface area contributed by atoms with Crippen LogP contribution in [0, 0.1) is 5.92 Å².